The fourth-order valence-electron chi connectivity index (χ4n) is 5.91. The van der Waals surface area contributed by atoms with Gasteiger partial charge >= 0.3 is 0 Å². The van der Waals surface area contributed by atoms with Gasteiger partial charge < -0.3 is 15.5 Å². The first-order valence-corrected chi connectivity index (χ1v) is 8.32. The number of guanidine groups is 1. The summed E-state index contributed by atoms with van der Waals surface area (Å²) in [5, 5.41) is 0. The van der Waals surface area contributed by atoms with Gasteiger partial charge in [-0.1, -0.05) is 0 Å². The van der Waals surface area contributed by atoms with Gasteiger partial charge in [-0.25, -0.2) is 0 Å². The van der Waals surface area contributed by atoms with Crippen LogP contribution in [0.5, 0.6) is 0 Å². The summed E-state index contributed by atoms with van der Waals surface area (Å²) in [6.45, 7) is 3.09. The molecule has 1 heterocycles. The molecule has 5 aliphatic rings. The van der Waals surface area contributed by atoms with Gasteiger partial charge in [-0.3, -0.25) is 4.99 Å². The van der Waals surface area contributed by atoms with Crippen LogP contribution in [-0.2, 0) is 0 Å². The second-order valence-corrected chi connectivity index (χ2v) is 7.92. The smallest absolute Gasteiger partial charge is 0.191 e. The standard InChI is InChI=1S/C16H28N4/c1-19(2)3-4-20-15(17)18-10-16(20)13-6-11-5-12(8-13)9-14(16)7-11/h11-14H,3-10H2,1-2H3,(H2,17,18). The first-order valence-electron chi connectivity index (χ1n) is 8.32. The molecule has 0 saturated heterocycles. The molecule has 1 spiro atoms. The van der Waals surface area contributed by atoms with Crippen LogP contribution >= 0.6 is 0 Å². The summed E-state index contributed by atoms with van der Waals surface area (Å²) in [5.74, 6) is 4.55. The number of rotatable bonds is 3. The Morgan fingerprint density at radius 1 is 1.15 bits per heavy atom. The Bertz CT molecular complexity index is 400. The highest BCUT2D eigenvalue weighted by atomic mass is 15.4. The molecule has 0 unspecified atom stereocenters. The maximum absolute atomic E-state index is 6.28. The average molecular weight is 276 g/mol. The van der Waals surface area contributed by atoms with E-state index >= 15 is 0 Å². The number of nitrogens with zero attached hydrogens (tertiary/aromatic N) is 3. The zero-order valence-corrected chi connectivity index (χ0v) is 12.9. The van der Waals surface area contributed by atoms with Crippen LogP contribution in [0.3, 0.4) is 0 Å². The minimum Gasteiger partial charge on any atom is -0.370 e. The Morgan fingerprint density at radius 2 is 1.75 bits per heavy atom. The van der Waals surface area contributed by atoms with Gasteiger partial charge in [0.05, 0.1) is 12.1 Å². The van der Waals surface area contributed by atoms with Crippen molar-refractivity contribution < 1.29 is 0 Å². The van der Waals surface area contributed by atoms with Crippen molar-refractivity contribution in [2.45, 2.75) is 37.6 Å². The molecule has 1 aliphatic heterocycles. The SMILES string of the molecule is CN(C)CCN1C(N)=NCC12C1CC3CC(C1)CC2C3. The molecule has 4 aliphatic carbocycles. The number of hydrogen-bond acceptors (Lipinski definition) is 4. The molecule has 20 heavy (non-hydrogen) atoms. The normalized spacial score (nSPS) is 45.8. The molecule has 0 aromatic rings. The molecule has 4 saturated carbocycles. The van der Waals surface area contributed by atoms with Gasteiger partial charge in [0, 0.05) is 13.1 Å². The summed E-state index contributed by atoms with van der Waals surface area (Å²) >= 11 is 0. The predicted octanol–water partition coefficient (Wildman–Crippen LogP) is 1.37. The third-order valence-electron chi connectivity index (χ3n) is 6.60. The quantitative estimate of drug-likeness (QED) is 0.847. The van der Waals surface area contributed by atoms with E-state index in [-0.39, 0.29) is 0 Å². The van der Waals surface area contributed by atoms with E-state index in [1.165, 1.54) is 32.1 Å². The van der Waals surface area contributed by atoms with Crippen molar-refractivity contribution in [3.05, 3.63) is 0 Å². The Kier molecular flexibility index (Phi) is 2.82. The molecule has 5 rings (SSSR count). The fraction of sp³-hybridized carbons (Fsp3) is 0.938. The Balaban J connectivity index is 1.62. The van der Waals surface area contributed by atoms with Crippen LogP contribution in [0, 0.1) is 23.7 Å². The van der Waals surface area contributed by atoms with Crippen molar-refractivity contribution in [3.63, 3.8) is 0 Å². The maximum atomic E-state index is 6.28. The topological polar surface area (TPSA) is 44.9 Å². The molecule has 4 bridgehead atoms. The van der Waals surface area contributed by atoms with Gasteiger partial charge in [0.25, 0.3) is 0 Å². The second kappa shape index (κ2) is 4.36. The molecule has 0 amide bonds. The maximum Gasteiger partial charge on any atom is 0.191 e. The van der Waals surface area contributed by atoms with Gasteiger partial charge in [-0.2, -0.15) is 0 Å². The highest BCUT2D eigenvalue weighted by Gasteiger charge is 2.61. The van der Waals surface area contributed by atoms with Crippen LogP contribution < -0.4 is 5.73 Å². The van der Waals surface area contributed by atoms with Crippen LogP contribution in [0.4, 0.5) is 0 Å². The lowest BCUT2D eigenvalue weighted by atomic mass is 9.48. The van der Waals surface area contributed by atoms with Crippen LogP contribution in [0.2, 0.25) is 0 Å². The van der Waals surface area contributed by atoms with E-state index in [1.807, 2.05) is 0 Å². The number of hydrogen-bond donors (Lipinski definition) is 1. The average Bonchev–Trinajstić information content (AvgIpc) is 2.71. The first-order chi connectivity index (χ1) is 9.59. The molecule has 4 heteroatoms. The number of nitrogens with two attached hydrogens (primary N) is 1. The molecule has 2 N–H and O–H groups in total. The van der Waals surface area contributed by atoms with Crippen molar-refractivity contribution in [1.82, 2.24) is 9.80 Å². The van der Waals surface area contributed by atoms with E-state index in [4.69, 9.17) is 10.7 Å². The molecule has 0 aromatic heterocycles. The lowest BCUT2D eigenvalue weighted by Crippen LogP contribution is -2.67. The summed E-state index contributed by atoms with van der Waals surface area (Å²) in [4.78, 5) is 9.47. The zero-order valence-electron chi connectivity index (χ0n) is 12.9. The molecule has 112 valence electrons. The van der Waals surface area contributed by atoms with Crippen molar-refractivity contribution in [2.24, 2.45) is 34.4 Å². The van der Waals surface area contributed by atoms with Gasteiger partial charge in [0.15, 0.2) is 5.96 Å². The fourth-order valence-corrected chi connectivity index (χ4v) is 5.91. The van der Waals surface area contributed by atoms with E-state index < -0.39 is 0 Å². The summed E-state index contributed by atoms with van der Waals surface area (Å²) in [5.41, 5.74) is 6.58. The summed E-state index contributed by atoms with van der Waals surface area (Å²) < 4.78 is 0. The second-order valence-electron chi connectivity index (χ2n) is 7.92. The third kappa shape index (κ3) is 1.66. The highest BCUT2D eigenvalue weighted by Crippen LogP contribution is 2.61. The minimum atomic E-state index is 0.299. The van der Waals surface area contributed by atoms with E-state index in [0.29, 0.717) is 5.54 Å². The molecular formula is C16H28N4. The largest absolute Gasteiger partial charge is 0.370 e. The predicted molar refractivity (Wildman–Crippen MR) is 81.5 cm³/mol. The van der Waals surface area contributed by atoms with Gasteiger partial charge in [-0.05, 0) is 69.9 Å². The van der Waals surface area contributed by atoms with Gasteiger partial charge in [-0.15, -0.1) is 0 Å². The molecular weight excluding hydrogens is 248 g/mol. The van der Waals surface area contributed by atoms with Crippen LogP contribution in [-0.4, -0.2) is 55.0 Å². The van der Waals surface area contributed by atoms with Crippen molar-refractivity contribution >= 4 is 5.96 Å². The van der Waals surface area contributed by atoms with E-state index in [2.05, 4.69) is 23.9 Å². The molecule has 0 aromatic carbocycles. The van der Waals surface area contributed by atoms with E-state index in [0.717, 1.165) is 49.3 Å². The number of likely N-dealkylation sites (N-methyl/N-ethyl adjacent to an activating group) is 1. The molecule has 4 nitrogen and oxygen atoms in total. The third-order valence-corrected chi connectivity index (χ3v) is 6.60. The van der Waals surface area contributed by atoms with Crippen LogP contribution in [0.1, 0.15) is 32.1 Å². The summed E-state index contributed by atoms with van der Waals surface area (Å²) in [6, 6.07) is 0. The Morgan fingerprint density at radius 3 is 2.30 bits per heavy atom. The zero-order chi connectivity index (χ0) is 13.9. The van der Waals surface area contributed by atoms with E-state index in [1.54, 1.807) is 0 Å². The van der Waals surface area contributed by atoms with Crippen molar-refractivity contribution in [3.8, 4) is 0 Å². The monoisotopic (exact) mass is 276 g/mol. The first kappa shape index (κ1) is 12.9. The molecule has 4 fully saturated rings. The van der Waals surface area contributed by atoms with E-state index in [9.17, 15) is 0 Å². The lowest BCUT2D eigenvalue weighted by molar-refractivity contribution is -0.102. The van der Waals surface area contributed by atoms with Crippen LogP contribution in [0.25, 0.3) is 0 Å². The minimum absolute atomic E-state index is 0.299. The number of aliphatic imine (C=N–C) groups is 1. The molecule has 0 atom stereocenters. The van der Waals surface area contributed by atoms with Crippen molar-refractivity contribution in [2.75, 3.05) is 33.7 Å². The van der Waals surface area contributed by atoms with Gasteiger partial charge in [0.2, 0.25) is 0 Å². The Hall–Kier alpha value is -0.770. The molecule has 0 radical (unpaired) electrons. The summed E-state index contributed by atoms with van der Waals surface area (Å²) in [6.07, 6.45) is 7.27. The lowest BCUT2D eigenvalue weighted by Gasteiger charge is -2.62. The summed E-state index contributed by atoms with van der Waals surface area (Å²) in [7, 11) is 4.29. The highest BCUT2D eigenvalue weighted by molar-refractivity contribution is 5.81. The van der Waals surface area contributed by atoms with Crippen molar-refractivity contribution in [1.29, 1.82) is 0 Å². The van der Waals surface area contributed by atoms with Crippen LogP contribution in [0.15, 0.2) is 4.99 Å². The van der Waals surface area contributed by atoms with Gasteiger partial charge in [0.1, 0.15) is 0 Å². The Labute approximate surface area is 122 Å².